The van der Waals surface area contributed by atoms with Crippen molar-refractivity contribution < 1.29 is 22.5 Å². The molecule has 128 valence electrons. The molecule has 2 heterocycles. The van der Waals surface area contributed by atoms with Gasteiger partial charge in [-0.3, -0.25) is 4.79 Å². The zero-order chi connectivity index (χ0) is 18.0. The summed E-state index contributed by atoms with van der Waals surface area (Å²) >= 11 is 0. The Labute approximate surface area is 139 Å². The molecule has 2 aromatic heterocycles. The Balaban J connectivity index is 1.72. The molecule has 0 aliphatic carbocycles. The maximum Gasteiger partial charge on any atom is 0.275 e. The van der Waals surface area contributed by atoms with E-state index in [1.165, 1.54) is 18.3 Å². The van der Waals surface area contributed by atoms with Crippen molar-refractivity contribution in [3.8, 4) is 0 Å². The van der Waals surface area contributed by atoms with Crippen molar-refractivity contribution >= 4 is 23.1 Å². The lowest BCUT2D eigenvalue weighted by Gasteiger charge is -2.08. The first-order chi connectivity index (χ1) is 11.9. The van der Waals surface area contributed by atoms with Crippen molar-refractivity contribution in [1.29, 1.82) is 0 Å². The maximum absolute atomic E-state index is 13.6. The van der Waals surface area contributed by atoms with Gasteiger partial charge in [0, 0.05) is 6.07 Å². The molecular formula is C16H11F3N4O2. The van der Waals surface area contributed by atoms with E-state index in [0.717, 1.165) is 12.1 Å². The highest BCUT2D eigenvalue weighted by atomic mass is 19.2. The molecule has 1 amide bonds. The van der Waals surface area contributed by atoms with Gasteiger partial charge in [-0.1, -0.05) is 5.16 Å². The van der Waals surface area contributed by atoms with Gasteiger partial charge in [-0.15, -0.1) is 0 Å². The molecule has 0 unspecified atom stereocenters. The number of carbonyl (C=O) groups is 1. The van der Waals surface area contributed by atoms with Crippen LogP contribution in [0, 0.1) is 24.4 Å². The molecule has 0 saturated carbocycles. The van der Waals surface area contributed by atoms with Gasteiger partial charge in [0.2, 0.25) is 0 Å². The number of nitrogens with one attached hydrogen (secondary N) is 2. The third-order valence-corrected chi connectivity index (χ3v) is 3.18. The van der Waals surface area contributed by atoms with Crippen LogP contribution in [0.1, 0.15) is 16.2 Å². The molecule has 3 rings (SSSR count). The molecule has 0 aliphatic heterocycles. The third-order valence-electron chi connectivity index (χ3n) is 3.18. The van der Waals surface area contributed by atoms with Gasteiger partial charge in [-0.25, -0.2) is 18.2 Å². The van der Waals surface area contributed by atoms with Crippen LogP contribution in [0.2, 0.25) is 0 Å². The SMILES string of the molecule is Cc1cc(NC(=O)c2ccc(Nc3ccc(F)c(F)c3F)cn2)no1. The summed E-state index contributed by atoms with van der Waals surface area (Å²) in [4.78, 5) is 15.9. The standard InChI is InChI=1S/C16H11F3N4O2/c1-8-6-13(23-25-8)22-16(24)12-4-2-9(7-20-12)21-11-5-3-10(17)14(18)15(11)19/h2-7,21H,1H3,(H,22,23,24). The second kappa shape index (κ2) is 6.63. The number of hydrogen-bond acceptors (Lipinski definition) is 5. The van der Waals surface area contributed by atoms with Crippen LogP contribution >= 0.6 is 0 Å². The summed E-state index contributed by atoms with van der Waals surface area (Å²) in [5, 5.41) is 8.67. The highest BCUT2D eigenvalue weighted by Gasteiger charge is 2.14. The predicted octanol–water partition coefficient (Wildman–Crippen LogP) is 3.79. The number of benzene rings is 1. The fourth-order valence-electron chi connectivity index (χ4n) is 1.99. The smallest absolute Gasteiger partial charge is 0.275 e. The number of aromatic nitrogens is 2. The van der Waals surface area contributed by atoms with E-state index in [2.05, 4.69) is 20.8 Å². The molecule has 0 fully saturated rings. The number of aryl methyl sites for hydroxylation is 1. The number of hydrogen-bond donors (Lipinski definition) is 2. The van der Waals surface area contributed by atoms with Crippen LogP contribution in [0.3, 0.4) is 0 Å². The van der Waals surface area contributed by atoms with Crippen LogP contribution in [0.4, 0.5) is 30.4 Å². The summed E-state index contributed by atoms with van der Waals surface area (Å²) in [5.74, 6) is -3.93. The Morgan fingerprint density at radius 1 is 1.12 bits per heavy atom. The minimum Gasteiger partial charge on any atom is -0.360 e. The molecule has 0 spiro atoms. The summed E-state index contributed by atoms with van der Waals surface area (Å²) in [5.41, 5.74) is 0.117. The van der Waals surface area contributed by atoms with E-state index in [-0.39, 0.29) is 17.2 Å². The van der Waals surface area contributed by atoms with Gasteiger partial charge in [-0.05, 0) is 31.2 Å². The van der Waals surface area contributed by atoms with Crippen LogP contribution in [0.15, 0.2) is 41.1 Å². The van der Waals surface area contributed by atoms with Gasteiger partial charge >= 0.3 is 0 Å². The molecule has 0 saturated heterocycles. The van der Waals surface area contributed by atoms with E-state index < -0.39 is 23.4 Å². The van der Waals surface area contributed by atoms with Gasteiger partial charge < -0.3 is 15.2 Å². The normalized spacial score (nSPS) is 10.6. The molecule has 0 radical (unpaired) electrons. The molecule has 0 atom stereocenters. The molecule has 6 nitrogen and oxygen atoms in total. The number of anilines is 3. The number of pyridine rings is 1. The first kappa shape index (κ1) is 16.5. The topological polar surface area (TPSA) is 80.0 Å². The molecule has 3 aromatic rings. The van der Waals surface area contributed by atoms with Crippen LogP contribution in [0.25, 0.3) is 0 Å². The van der Waals surface area contributed by atoms with E-state index in [9.17, 15) is 18.0 Å². The van der Waals surface area contributed by atoms with Gasteiger partial charge in [0.05, 0.1) is 17.6 Å². The quantitative estimate of drug-likeness (QED) is 0.701. The van der Waals surface area contributed by atoms with Crippen molar-refractivity contribution in [3.63, 3.8) is 0 Å². The van der Waals surface area contributed by atoms with Gasteiger partial charge in [0.25, 0.3) is 5.91 Å². The molecule has 9 heteroatoms. The third kappa shape index (κ3) is 3.60. The van der Waals surface area contributed by atoms with Crippen molar-refractivity contribution in [3.05, 3.63) is 65.4 Å². The Bertz CT molecular complexity index is 926. The van der Waals surface area contributed by atoms with Crippen molar-refractivity contribution in [1.82, 2.24) is 10.1 Å². The number of nitrogens with zero attached hydrogens (tertiary/aromatic N) is 2. The van der Waals surface area contributed by atoms with E-state index in [1.54, 1.807) is 13.0 Å². The second-order valence-corrected chi connectivity index (χ2v) is 5.06. The summed E-state index contributed by atoms with van der Waals surface area (Å²) in [6.45, 7) is 1.68. The van der Waals surface area contributed by atoms with Crippen molar-refractivity contribution in [2.75, 3.05) is 10.6 Å². The van der Waals surface area contributed by atoms with E-state index in [4.69, 9.17) is 4.52 Å². The number of amides is 1. The molecule has 1 aromatic carbocycles. The number of rotatable bonds is 4. The van der Waals surface area contributed by atoms with E-state index >= 15 is 0 Å². The first-order valence-corrected chi connectivity index (χ1v) is 7.05. The molecule has 25 heavy (non-hydrogen) atoms. The minimum atomic E-state index is -1.57. The first-order valence-electron chi connectivity index (χ1n) is 7.05. The van der Waals surface area contributed by atoms with Gasteiger partial charge in [-0.2, -0.15) is 0 Å². The van der Waals surface area contributed by atoms with E-state index in [0.29, 0.717) is 11.4 Å². The summed E-state index contributed by atoms with van der Waals surface area (Å²) < 4.78 is 44.6. The monoisotopic (exact) mass is 348 g/mol. The maximum atomic E-state index is 13.6. The zero-order valence-electron chi connectivity index (χ0n) is 12.8. The predicted molar refractivity (Wildman–Crippen MR) is 83.0 cm³/mol. The average molecular weight is 348 g/mol. The van der Waals surface area contributed by atoms with Crippen molar-refractivity contribution in [2.45, 2.75) is 6.92 Å². The minimum absolute atomic E-state index is 0.0805. The lowest BCUT2D eigenvalue weighted by molar-refractivity contribution is 0.102. The largest absolute Gasteiger partial charge is 0.360 e. The van der Waals surface area contributed by atoms with Crippen LogP contribution < -0.4 is 10.6 Å². The molecular weight excluding hydrogens is 337 g/mol. The lowest BCUT2D eigenvalue weighted by Crippen LogP contribution is -2.13. The molecule has 0 bridgehead atoms. The Morgan fingerprint density at radius 3 is 2.56 bits per heavy atom. The summed E-state index contributed by atoms with van der Waals surface area (Å²) in [7, 11) is 0. The fraction of sp³-hybridized carbons (Fsp3) is 0.0625. The van der Waals surface area contributed by atoms with Crippen LogP contribution in [-0.2, 0) is 0 Å². The zero-order valence-corrected chi connectivity index (χ0v) is 12.8. The Kier molecular flexibility index (Phi) is 4.38. The molecule has 2 N–H and O–H groups in total. The van der Waals surface area contributed by atoms with Gasteiger partial charge in [0.1, 0.15) is 11.5 Å². The molecule has 0 aliphatic rings. The summed E-state index contributed by atoms with van der Waals surface area (Å²) in [6.07, 6.45) is 1.25. The number of carbonyl (C=O) groups excluding carboxylic acids is 1. The van der Waals surface area contributed by atoms with Crippen molar-refractivity contribution in [2.24, 2.45) is 0 Å². The lowest BCUT2D eigenvalue weighted by atomic mass is 10.2. The highest BCUT2D eigenvalue weighted by Crippen LogP contribution is 2.23. The Morgan fingerprint density at radius 2 is 1.92 bits per heavy atom. The number of halogens is 3. The van der Waals surface area contributed by atoms with Gasteiger partial charge in [0.15, 0.2) is 23.3 Å². The summed E-state index contributed by atoms with van der Waals surface area (Å²) in [6, 6.07) is 6.22. The fourth-order valence-corrected chi connectivity index (χ4v) is 1.99. The second-order valence-electron chi connectivity index (χ2n) is 5.06. The Hall–Kier alpha value is -3.36. The average Bonchev–Trinajstić information content (AvgIpc) is 3.01. The van der Waals surface area contributed by atoms with Crippen LogP contribution in [0.5, 0.6) is 0 Å². The highest BCUT2D eigenvalue weighted by molar-refractivity contribution is 6.02. The van der Waals surface area contributed by atoms with E-state index in [1.807, 2.05) is 0 Å². The van der Waals surface area contributed by atoms with Crippen LogP contribution in [-0.4, -0.2) is 16.0 Å².